The molecular formula is C26H20N2O6. The Morgan fingerprint density at radius 1 is 1.12 bits per heavy atom. The third kappa shape index (κ3) is 4.32. The van der Waals surface area contributed by atoms with E-state index in [1.807, 2.05) is 6.07 Å². The number of imide groups is 1. The van der Waals surface area contributed by atoms with Gasteiger partial charge in [-0.05, 0) is 61.9 Å². The van der Waals surface area contributed by atoms with Crippen molar-refractivity contribution in [3.05, 3.63) is 88.6 Å². The number of amides is 2. The first-order chi connectivity index (χ1) is 16.4. The van der Waals surface area contributed by atoms with Gasteiger partial charge in [0.1, 0.15) is 28.9 Å². The van der Waals surface area contributed by atoms with Crippen LogP contribution in [-0.2, 0) is 20.9 Å². The van der Waals surface area contributed by atoms with Gasteiger partial charge >= 0.3 is 5.97 Å². The first-order valence-corrected chi connectivity index (χ1v) is 10.5. The van der Waals surface area contributed by atoms with Crippen LogP contribution in [0.2, 0.25) is 0 Å². The van der Waals surface area contributed by atoms with Crippen LogP contribution in [0.3, 0.4) is 0 Å². The Hall–Kier alpha value is -4.64. The van der Waals surface area contributed by atoms with Crippen LogP contribution in [0.1, 0.15) is 35.7 Å². The van der Waals surface area contributed by atoms with Crippen molar-refractivity contribution in [3.8, 4) is 17.4 Å². The molecule has 1 aliphatic rings. The Morgan fingerprint density at radius 2 is 1.88 bits per heavy atom. The third-order valence-electron chi connectivity index (χ3n) is 5.31. The summed E-state index contributed by atoms with van der Waals surface area (Å²) >= 11 is 0. The summed E-state index contributed by atoms with van der Waals surface area (Å²) < 4.78 is 16.1. The van der Waals surface area contributed by atoms with Gasteiger partial charge in [-0.15, -0.1) is 0 Å². The molecule has 0 saturated heterocycles. The van der Waals surface area contributed by atoms with E-state index in [0.717, 1.165) is 10.5 Å². The lowest BCUT2D eigenvalue weighted by atomic mass is 9.94. The van der Waals surface area contributed by atoms with Gasteiger partial charge in [0, 0.05) is 11.1 Å². The van der Waals surface area contributed by atoms with E-state index in [1.54, 1.807) is 62.4 Å². The normalized spacial score (nSPS) is 15.1. The number of rotatable bonds is 6. The van der Waals surface area contributed by atoms with Gasteiger partial charge in [0.15, 0.2) is 0 Å². The molecule has 0 spiro atoms. The number of hydrogen-bond donors (Lipinski definition) is 0. The number of benzene rings is 1. The minimum atomic E-state index is -0.666. The second-order valence-electron chi connectivity index (χ2n) is 7.45. The van der Waals surface area contributed by atoms with E-state index in [2.05, 4.69) is 0 Å². The number of carbonyl (C=O) groups excluding carboxylic acids is 3. The van der Waals surface area contributed by atoms with Crippen LogP contribution < -0.4 is 0 Å². The van der Waals surface area contributed by atoms with Crippen molar-refractivity contribution in [3.63, 3.8) is 0 Å². The smallest absolute Gasteiger partial charge is 0.338 e. The first-order valence-electron chi connectivity index (χ1n) is 10.5. The maximum atomic E-state index is 13.1. The Morgan fingerprint density at radius 3 is 2.53 bits per heavy atom. The molecule has 2 amide bonds. The van der Waals surface area contributed by atoms with Crippen molar-refractivity contribution < 1.29 is 28.0 Å². The van der Waals surface area contributed by atoms with E-state index in [1.165, 1.54) is 12.3 Å². The molecule has 1 aromatic carbocycles. The fourth-order valence-corrected chi connectivity index (χ4v) is 3.54. The standard InChI is InChI=1S/C26H20N2O6/c1-3-32-26(31)18-8-6-17(7-9-18)23-11-10-19(34-23)13-21-16(2)22(14-27)25(30)28(24(21)29)15-20-5-4-12-33-20/h4-13H,3,15H2,1-2H3/b21-13+. The number of furan rings is 2. The van der Waals surface area contributed by atoms with Gasteiger partial charge in [-0.25, -0.2) is 4.79 Å². The number of carbonyl (C=O) groups is 3. The molecule has 0 unspecified atom stereocenters. The van der Waals surface area contributed by atoms with Crippen LogP contribution >= 0.6 is 0 Å². The molecule has 4 rings (SSSR count). The predicted molar refractivity (Wildman–Crippen MR) is 121 cm³/mol. The molecule has 1 aliphatic heterocycles. The van der Waals surface area contributed by atoms with Crippen molar-refractivity contribution in [1.82, 2.24) is 4.90 Å². The van der Waals surface area contributed by atoms with E-state index in [4.69, 9.17) is 13.6 Å². The molecule has 0 fully saturated rings. The third-order valence-corrected chi connectivity index (χ3v) is 5.31. The molecule has 8 nitrogen and oxygen atoms in total. The Bertz CT molecular complexity index is 1350. The highest BCUT2D eigenvalue weighted by Crippen LogP contribution is 2.30. The Labute approximate surface area is 195 Å². The number of nitriles is 1. The molecule has 34 heavy (non-hydrogen) atoms. The van der Waals surface area contributed by atoms with Gasteiger partial charge in [-0.2, -0.15) is 5.26 Å². The molecular weight excluding hydrogens is 436 g/mol. The van der Waals surface area contributed by atoms with Crippen LogP contribution in [0, 0.1) is 11.3 Å². The minimum Gasteiger partial charge on any atom is -0.467 e. The maximum Gasteiger partial charge on any atom is 0.338 e. The summed E-state index contributed by atoms with van der Waals surface area (Å²) in [6.07, 6.45) is 2.95. The number of hydrogen-bond acceptors (Lipinski definition) is 7. The van der Waals surface area contributed by atoms with E-state index in [0.29, 0.717) is 29.5 Å². The zero-order chi connectivity index (χ0) is 24.2. The Kier molecular flexibility index (Phi) is 6.28. The van der Waals surface area contributed by atoms with E-state index in [9.17, 15) is 19.6 Å². The average molecular weight is 456 g/mol. The molecule has 0 aliphatic carbocycles. The zero-order valence-corrected chi connectivity index (χ0v) is 18.5. The van der Waals surface area contributed by atoms with Gasteiger partial charge in [-0.3, -0.25) is 14.5 Å². The van der Waals surface area contributed by atoms with Gasteiger partial charge in [0.25, 0.3) is 11.8 Å². The zero-order valence-electron chi connectivity index (χ0n) is 18.5. The lowest BCUT2D eigenvalue weighted by Crippen LogP contribution is -2.42. The number of ether oxygens (including phenoxy) is 1. The van der Waals surface area contributed by atoms with Crippen molar-refractivity contribution >= 4 is 23.9 Å². The summed E-state index contributed by atoms with van der Waals surface area (Å²) in [5, 5.41) is 9.52. The number of esters is 1. The minimum absolute atomic E-state index is 0.0866. The summed E-state index contributed by atoms with van der Waals surface area (Å²) in [6, 6.07) is 15.4. The molecule has 3 aromatic rings. The van der Waals surface area contributed by atoms with Gasteiger partial charge in [0.05, 0.1) is 25.0 Å². The summed E-state index contributed by atoms with van der Waals surface area (Å²) in [5.74, 6) is -0.300. The van der Waals surface area contributed by atoms with Crippen molar-refractivity contribution in [2.45, 2.75) is 20.4 Å². The SMILES string of the molecule is CCOC(=O)c1ccc(-c2ccc(/C=C3/C(=O)N(Cc4ccco4)C(=O)C(C#N)=C3C)o2)cc1. The molecule has 0 atom stereocenters. The molecule has 8 heteroatoms. The van der Waals surface area contributed by atoms with Crippen molar-refractivity contribution in [2.75, 3.05) is 6.61 Å². The highest BCUT2D eigenvalue weighted by Gasteiger charge is 2.36. The van der Waals surface area contributed by atoms with Gasteiger partial charge in [-0.1, -0.05) is 12.1 Å². The molecule has 170 valence electrons. The number of nitrogens with zero attached hydrogens (tertiary/aromatic N) is 2. The first kappa shape index (κ1) is 22.6. The molecule has 0 saturated carbocycles. The molecule has 0 radical (unpaired) electrons. The summed E-state index contributed by atoms with van der Waals surface area (Å²) in [4.78, 5) is 38.7. The van der Waals surface area contributed by atoms with Gasteiger partial charge < -0.3 is 13.6 Å². The average Bonchev–Trinajstić information content (AvgIpc) is 3.52. The van der Waals surface area contributed by atoms with E-state index >= 15 is 0 Å². The lowest BCUT2D eigenvalue weighted by Gasteiger charge is -2.26. The molecule has 0 bridgehead atoms. The molecule has 2 aromatic heterocycles. The summed E-state index contributed by atoms with van der Waals surface area (Å²) in [5.41, 5.74) is 1.51. The van der Waals surface area contributed by atoms with E-state index < -0.39 is 17.8 Å². The highest BCUT2D eigenvalue weighted by molar-refractivity contribution is 6.19. The second kappa shape index (κ2) is 9.46. The predicted octanol–water partition coefficient (Wildman–Crippen LogP) is 4.51. The summed E-state index contributed by atoms with van der Waals surface area (Å²) in [6.45, 7) is 3.51. The summed E-state index contributed by atoms with van der Waals surface area (Å²) in [7, 11) is 0. The second-order valence-corrected chi connectivity index (χ2v) is 7.45. The monoisotopic (exact) mass is 456 g/mol. The van der Waals surface area contributed by atoms with Crippen LogP contribution in [0.4, 0.5) is 0 Å². The largest absolute Gasteiger partial charge is 0.467 e. The highest BCUT2D eigenvalue weighted by atomic mass is 16.5. The topological polar surface area (TPSA) is 114 Å². The maximum absolute atomic E-state index is 13.1. The molecule has 0 N–H and O–H groups in total. The van der Waals surface area contributed by atoms with Crippen LogP contribution in [0.5, 0.6) is 0 Å². The Balaban J connectivity index is 1.63. The molecule has 3 heterocycles. The van der Waals surface area contributed by atoms with Crippen molar-refractivity contribution in [2.24, 2.45) is 0 Å². The van der Waals surface area contributed by atoms with Crippen LogP contribution in [-0.4, -0.2) is 29.3 Å². The van der Waals surface area contributed by atoms with Crippen molar-refractivity contribution in [1.29, 1.82) is 5.26 Å². The fraction of sp³-hybridized carbons (Fsp3) is 0.154. The quantitative estimate of drug-likeness (QED) is 0.305. The van der Waals surface area contributed by atoms with E-state index in [-0.39, 0.29) is 23.3 Å². The fourth-order valence-electron chi connectivity index (χ4n) is 3.54. The lowest BCUT2D eigenvalue weighted by molar-refractivity contribution is -0.141. The van der Waals surface area contributed by atoms with Crippen LogP contribution in [0.15, 0.2) is 80.3 Å². The van der Waals surface area contributed by atoms with Gasteiger partial charge in [0.2, 0.25) is 0 Å². The van der Waals surface area contributed by atoms with Crippen LogP contribution in [0.25, 0.3) is 17.4 Å².